The normalized spacial score (nSPS) is 24.2. The van der Waals surface area contributed by atoms with E-state index in [0.29, 0.717) is 12.6 Å². The van der Waals surface area contributed by atoms with E-state index in [9.17, 15) is 4.39 Å². The molecule has 0 spiro atoms. The van der Waals surface area contributed by atoms with Crippen molar-refractivity contribution < 1.29 is 9.13 Å². The molecule has 0 atom stereocenters. The van der Waals surface area contributed by atoms with Crippen LogP contribution in [0.4, 0.5) is 4.39 Å². The zero-order valence-corrected chi connectivity index (χ0v) is 11.3. The molecule has 1 aliphatic rings. The van der Waals surface area contributed by atoms with Crippen LogP contribution in [0.5, 0.6) is 0 Å². The SMILES string of the molecule is CNC1CCC(OCc2cccc(F)c2Cl)CC1. The van der Waals surface area contributed by atoms with Crippen LogP contribution in [-0.4, -0.2) is 19.2 Å². The van der Waals surface area contributed by atoms with E-state index in [1.165, 1.54) is 6.07 Å². The predicted molar refractivity (Wildman–Crippen MR) is 71.3 cm³/mol. The first kappa shape index (κ1) is 13.8. The summed E-state index contributed by atoms with van der Waals surface area (Å²) in [6, 6.07) is 5.45. The number of nitrogens with one attached hydrogen (secondary N) is 1. The zero-order valence-electron chi connectivity index (χ0n) is 10.6. The average Bonchev–Trinajstić information content (AvgIpc) is 2.41. The Morgan fingerprint density at radius 2 is 2.06 bits per heavy atom. The molecule has 0 radical (unpaired) electrons. The fourth-order valence-corrected chi connectivity index (χ4v) is 2.57. The summed E-state index contributed by atoms with van der Waals surface area (Å²) in [6.45, 7) is 0.394. The lowest BCUT2D eigenvalue weighted by molar-refractivity contribution is 0.0118. The summed E-state index contributed by atoms with van der Waals surface area (Å²) in [5, 5.41) is 3.47. The molecule has 0 heterocycles. The Morgan fingerprint density at radius 3 is 2.72 bits per heavy atom. The van der Waals surface area contributed by atoms with Gasteiger partial charge in [0, 0.05) is 6.04 Å². The average molecular weight is 272 g/mol. The molecule has 18 heavy (non-hydrogen) atoms. The van der Waals surface area contributed by atoms with Gasteiger partial charge in [-0.3, -0.25) is 0 Å². The molecular formula is C14H19ClFNO. The number of rotatable bonds is 4. The maximum absolute atomic E-state index is 13.2. The highest BCUT2D eigenvalue weighted by Crippen LogP contribution is 2.25. The van der Waals surface area contributed by atoms with Crippen molar-refractivity contribution in [1.82, 2.24) is 5.32 Å². The van der Waals surface area contributed by atoms with E-state index >= 15 is 0 Å². The first-order chi connectivity index (χ1) is 8.70. The molecular weight excluding hydrogens is 253 g/mol. The summed E-state index contributed by atoms with van der Waals surface area (Å²) < 4.78 is 19.1. The Labute approximate surface area is 112 Å². The van der Waals surface area contributed by atoms with Gasteiger partial charge >= 0.3 is 0 Å². The molecule has 0 amide bonds. The van der Waals surface area contributed by atoms with Gasteiger partial charge in [-0.2, -0.15) is 0 Å². The molecule has 0 bridgehead atoms. The number of halogens is 2. The van der Waals surface area contributed by atoms with Gasteiger partial charge in [-0.05, 0) is 44.4 Å². The van der Waals surface area contributed by atoms with Crippen LogP contribution in [-0.2, 0) is 11.3 Å². The number of hydrogen-bond acceptors (Lipinski definition) is 2. The van der Waals surface area contributed by atoms with Crippen LogP contribution in [0.1, 0.15) is 31.2 Å². The number of benzene rings is 1. The van der Waals surface area contributed by atoms with Gasteiger partial charge in [-0.15, -0.1) is 0 Å². The van der Waals surface area contributed by atoms with E-state index in [2.05, 4.69) is 5.32 Å². The Bertz CT molecular complexity index is 391. The van der Waals surface area contributed by atoms with Crippen LogP contribution in [0, 0.1) is 5.82 Å². The third kappa shape index (κ3) is 3.44. The molecule has 0 aliphatic heterocycles. The van der Waals surface area contributed by atoms with E-state index in [1.807, 2.05) is 13.1 Å². The van der Waals surface area contributed by atoms with Crippen molar-refractivity contribution in [3.63, 3.8) is 0 Å². The van der Waals surface area contributed by atoms with E-state index in [4.69, 9.17) is 16.3 Å². The lowest BCUT2D eigenvalue weighted by Gasteiger charge is -2.28. The smallest absolute Gasteiger partial charge is 0.142 e. The van der Waals surface area contributed by atoms with Crippen LogP contribution < -0.4 is 5.32 Å². The number of ether oxygens (including phenoxy) is 1. The summed E-state index contributed by atoms with van der Waals surface area (Å²) in [6.07, 6.45) is 4.65. The lowest BCUT2D eigenvalue weighted by Crippen LogP contribution is -2.32. The summed E-state index contributed by atoms with van der Waals surface area (Å²) in [7, 11) is 2.00. The summed E-state index contributed by atoms with van der Waals surface area (Å²) in [5.41, 5.74) is 0.729. The maximum Gasteiger partial charge on any atom is 0.142 e. The van der Waals surface area contributed by atoms with Gasteiger partial charge in [-0.1, -0.05) is 23.7 Å². The van der Waals surface area contributed by atoms with Crippen LogP contribution >= 0.6 is 11.6 Å². The molecule has 1 N–H and O–H groups in total. The van der Waals surface area contributed by atoms with Crippen LogP contribution in [0.15, 0.2) is 18.2 Å². The van der Waals surface area contributed by atoms with E-state index < -0.39 is 0 Å². The first-order valence-corrected chi connectivity index (χ1v) is 6.80. The highest BCUT2D eigenvalue weighted by atomic mass is 35.5. The lowest BCUT2D eigenvalue weighted by atomic mass is 9.93. The van der Waals surface area contributed by atoms with E-state index in [-0.39, 0.29) is 16.9 Å². The van der Waals surface area contributed by atoms with Crippen LogP contribution in [0.25, 0.3) is 0 Å². The van der Waals surface area contributed by atoms with Crippen LogP contribution in [0.3, 0.4) is 0 Å². The summed E-state index contributed by atoms with van der Waals surface area (Å²) in [5.74, 6) is -0.378. The topological polar surface area (TPSA) is 21.3 Å². The molecule has 0 aromatic heterocycles. The van der Waals surface area contributed by atoms with Crippen LogP contribution in [0.2, 0.25) is 5.02 Å². The fourth-order valence-electron chi connectivity index (χ4n) is 2.39. The quantitative estimate of drug-likeness (QED) is 0.905. The second-order valence-electron chi connectivity index (χ2n) is 4.79. The van der Waals surface area contributed by atoms with Gasteiger partial charge in [0.15, 0.2) is 0 Å². The summed E-state index contributed by atoms with van der Waals surface area (Å²) in [4.78, 5) is 0. The largest absolute Gasteiger partial charge is 0.373 e. The van der Waals surface area contributed by atoms with Crippen molar-refractivity contribution in [2.24, 2.45) is 0 Å². The minimum atomic E-state index is -0.378. The first-order valence-electron chi connectivity index (χ1n) is 6.42. The van der Waals surface area contributed by atoms with E-state index in [0.717, 1.165) is 31.2 Å². The molecule has 2 rings (SSSR count). The minimum absolute atomic E-state index is 0.182. The van der Waals surface area contributed by atoms with Gasteiger partial charge in [-0.25, -0.2) is 4.39 Å². The number of hydrogen-bond donors (Lipinski definition) is 1. The van der Waals surface area contributed by atoms with Crippen molar-refractivity contribution in [2.45, 2.75) is 44.4 Å². The molecule has 1 saturated carbocycles. The van der Waals surface area contributed by atoms with Gasteiger partial charge in [0.1, 0.15) is 5.82 Å². The molecule has 100 valence electrons. The van der Waals surface area contributed by atoms with Gasteiger partial charge in [0.25, 0.3) is 0 Å². The molecule has 1 aromatic rings. The maximum atomic E-state index is 13.2. The molecule has 1 aromatic carbocycles. The Kier molecular flexibility index (Phi) is 4.98. The molecule has 1 aliphatic carbocycles. The Morgan fingerprint density at radius 1 is 1.33 bits per heavy atom. The van der Waals surface area contributed by atoms with Gasteiger partial charge in [0.2, 0.25) is 0 Å². The van der Waals surface area contributed by atoms with Crippen molar-refractivity contribution in [3.05, 3.63) is 34.6 Å². The van der Waals surface area contributed by atoms with Gasteiger partial charge in [0.05, 0.1) is 17.7 Å². The van der Waals surface area contributed by atoms with Crippen molar-refractivity contribution in [3.8, 4) is 0 Å². The monoisotopic (exact) mass is 271 g/mol. The second kappa shape index (κ2) is 6.50. The molecule has 0 saturated heterocycles. The van der Waals surface area contributed by atoms with E-state index in [1.54, 1.807) is 6.07 Å². The third-order valence-corrected chi connectivity index (χ3v) is 4.01. The third-order valence-electron chi connectivity index (χ3n) is 3.59. The zero-order chi connectivity index (χ0) is 13.0. The Balaban J connectivity index is 1.83. The highest BCUT2D eigenvalue weighted by Gasteiger charge is 2.20. The van der Waals surface area contributed by atoms with Crippen molar-refractivity contribution in [2.75, 3.05) is 7.05 Å². The molecule has 2 nitrogen and oxygen atoms in total. The Hall–Kier alpha value is -0.640. The standard InChI is InChI=1S/C14H19ClFNO/c1-17-11-5-7-12(8-6-11)18-9-10-3-2-4-13(16)14(10)15/h2-4,11-12,17H,5-9H2,1H3. The predicted octanol–water partition coefficient (Wildman–Crippen LogP) is 3.53. The van der Waals surface area contributed by atoms with Crippen molar-refractivity contribution >= 4 is 11.6 Å². The minimum Gasteiger partial charge on any atom is -0.373 e. The highest BCUT2D eigenvalue weighted by molar-refractivity contribution is 6.31. The van der Waals surface area contributed by atoms with Crippen molar-refractivity contribution in [1.29, 1.82) is 0 Å². The fraction of sp³-hybridized carbons (Fsp3) is 0.571. The van der Waals surface area contributed by atoms with Gasteiger partial charge < -0.3 is 10.1 Å². The second-order valence-corrected chi connectivity index (χ2v) is 5.16. The molecule has 1 fully saturated rings. The molecule has 4 heteroatoms. The summed E-state index contributed by atoms with van der Waals surface area (Å²) >= 11 is 5.89. The molecule has 0 unspecified atom stereocenters.